The maximum Gasteiger partial charge on any atom is 0.387 e. The summed E-state index contributed by atoms with van der Waals surface area (Å²) in [5, 5.41) is 28.7. The smallest absolute Gasteiger partial charge is 0.387 e. The van der Waals surface area contributed by atoms with Gasteiger partial charge in [0.25, 0.3) is 0 Å². The summed E-state index contributed by atoms with van der Waals surface area (Å²) in [6, 6.07) is 15.0. The molecule has 0 spiro atoms. The van der Waals surface area contributed by atoms with Gasteiger partial charge in [0, 0.05) is 41.7 Å². The Morgan fingerprint density at radius 3 is 2.68 bits per heavy atom. The Hall–Kier alpha value is -3.80. The molecular weight excluding hydrogens is 486 g/mol. The summed E-state index contributed by atoms with van der Waals surface area (Å²) in [6.45, 7) is 6.77. The number of nitrogens with zero attached hydrogens (tertiary/aromatic N) is 3. The van der Waals surface area contributed by atoms with Crippen molar-refractivity contribution in [1.29, 1.82) is 5.26 Å². The highest BCUT2D eigenvalue weighted by atomic mass is 19.3. The highest BCUT2D eigenvalue weighted by Gasteiger charge is 2.25. The summed E-state index contributed by atoms with van der Waals surface area (Å²) in [7, 11) is 0. The Morgan fingerprint density at radius 1 is 1.18 bits per heavy atom. The third kappa shape index (κ3) is 5.00. The molecule has 0 unspecified atom stereocenters. The molecule has 2 heterocycles. The molecule has 1 aromatic heterocycles. The van der Waals surface area contributed by atoms with Crippen molar-refractivity contribution in [2.45, 2.75) is 52.9 Å². The quantitative estimate of drug-likeness (QED) is 0.323. The summed E-state index contributed by atoms with van der Waals surface area (Å²) in [5.41, 5.74) is 7.30. The Kier molecular flexibility index (Phi) is 6.68. The van der Waals surface area contributed by atoms with Crippen molar-refractivity contribution in [3.63, 3.8) is 0 Å². The minimum atomic E-state index is -2.98. The van der Waals surface area contributed by atoms with Crippen LogP contribution in [-0.2, 0) is 13.0 Å². The topological polar surface area (TPSA) is 85.2 Å². The molecule has 8 heteroatoms. The average molecular weight is 517 g/mol. The van der Waals surface area contributed by atoms with Crippen molar-refractivity contribution in [2.24, 2.45) is 0 Å². The number of aromatic nitrogens is 2. The van der Waals surface area contributed by atoms with E-state index in [-0.39, 0.29) is 5.75 Å². The summed E-state index contributed by atoms with van der Waals surface area (Å²) in [5.74, 6) is 0.0254. The number of ether oxygens (including phenoxy) is 1. The molecule has 0 atom stereocenters. The molecule has 0 aliphatic carbocycles. The van der Waals surface area contributed by atoms with Gasteiger partial charge >= 0.3 is 6.61 Å². The van der Waals surface area contributed by atoms with E-state index in [1.54, 1.807) is 12.1 Å². The third-order valence-electron chi connectivity index (χ3n) is 7.06. The Labute approximate surface area is 220 Å². The summed E-state index contributed by atoms with van der Waals surface area (Å²) in [6.07, 6.45) is 0.911. The van der Waals surface area contributed by atoms with Crippen LogP contribution < -0.4 is 4.74 Å². The van der Waals surface area contributed by atoms with Crippen molar-refractivity contribution in [2.75, 3.05) is 13.1 Å². The number of H-pyrrole nitrogens is 1. The molecule has 5 rings (SSSR count). The molecule has 0 radical (unpaired) electrons. The molecule has 6 nitrogen and oxygen atoms in total. The van der Waals surface area contributed by atoms with E-state index in [4.69, 9.17) is 4.74 Å². The van der Waals surface area contributed by atoms with E-state index in [0.717, 1.165) is 41.7 Å². The van der Waals surface area contributed by atoms with Crippen LogP contribution in [0.2, 0.25) is 0 Å². The number of nitriles is 1. The molecule has 0 fully saturated rings. The normalized spacial score (nSPS) is 14.1. The van der Waals surface area contributed by atoms with E-state index >= 15 is 0 Å². The molecular formula is C30H30F2N4O2. The van der Waals surface area contributed by atoms with Crippen molar-refractivity contribution in [3.8, 4) is 34.2 Å². The lowest BCUT2D eigenvalue weighted by atomic mass is 9.90. The fourth-order valence-corrected chi connectivity index (χ4v) is 5.56. The first-order valence-electron chi connectivity index (χ1n) is 12.6. The summed E-state index contributed by atoms with van der Waals surface area (Å²) in [4.78, 5) is 2.26. The zero-order valence-electron chi connectivity index (χ0n) is 21.9. The van der Waals surface area contributed by atoms with E-state index in [2.05, 4.69) is 40.2 Å². The van der Waals surface area contributed by atoms with Crippen LogP contribution in [0.15, 0.2) is 42.5 Å². The van der Waals surface area contributed by atoms with Crippen LogP contribution >= 0.6 is 0 Å². The monoisotopic (exact) mass is 516 g/mol. The van der Waals surface area contributed by atoms with Crippen LogP contribution in [0, 0.1) is 25.2 Å². The second-order valence-electron chi connectivity index (χ2n) is 10.7. The number of aromatic amines is 1. The fourth-order valence-electron chi connectivity index (χ4n) is 5.56. The van der Waals surface area contributed by atoms with Gasteiger partial charge in [-0.05, 0) is 86.7 Å². The summed E-state index contributed by atoms with van der Waals surface area (Å²) >= 11 is 0. The molecule has 3 aromatic carbocycles. The highest BCUT2D eigenvalue weighted by molar-refractivity contribution is 5.98. The molecule has 0 saturated heterocycles. The van der Waals surface area contributed by atoms with Crippen LogP contribution in [0.1, 0.15) is 41.7 Å². The minimum absolute atomic E-state index is 0.0254. The van der Waals surface area contributed by atoms with Crippen molar-refractivity contribution < 1.29 is 18.6 Å². The van der Waals surface area contributed by atoms with Crippen molar-refractivity contribution in [1.82, 2.24) is 15.1 Å². The second-order valence-corrected chi connectivity index (χ2v) is 10.7. The lowest BCUT2D eigenvalue weighted by molar-refractivity contribution is -0.0494. The predicted molar refractivity (Wildman–Crippen MR) is 143 cm³/mol. The first-order valence-corrected chi connectivity index (χ1v) is 12.6. The zero-order valence-corrected chi connectivity index (χ0v) is 21.9. The molecule has 0 bridgehead atoms. The standard InChI is InChI=1S/C30H30F2N4O2/c1-17-6-5-7-26(38-29(31)32)27(17)23-13-24-25(12-20(23)14-33)34-35-28(24)19-10-18(2)22-8-9-36(15-21(22)11-19)16-30(3,4)37/h5-7,10-13,29,37H,8-9,15-16H2,1-4H3,(H,34,35). The van der Waals surface area contributed by atoms with E-state index in [0.29, 0.717) is 28.8 Å². The van der Waals surface area contributed by atoms with Crippen LogP contribution in [0.3, 0.4) is 0 Å². The van der Waals surface area contributed by atoms with Gasteiger partial charge in [0.1, 0.15) is 5.75 Å². The van der Waals surface area contributed by atoms with Crippen LogP contribution in [0.5, 0.6) is 5.75 Å². The van der Waals surface area contributed by atoms with E-state index in [1.165, 1.54) is 22.8 Å². The average Bonchev–Trinajstić information content (AvgIpc) is 3.24. The van der Waals surface area contributed by atoms with Crippen LogP contribution in [-0.4, -0.2) is 45.5 Å². The largest absolute Gasteiger partial charge is 0.434 e. The van der Waals surface area contributed by atoms with Crippen molar-refractivity contribution in [3.05, 3.63) is 70.3 Å². The molecule has 0 saturated carbocycles. The first kappa shape index (κ1) is 25.8. The van der Waals surface area contributed by atoms with Gasteiger partial charge in [0.15, 0.2) is 0 Å². The predicted octanol–water partition coefficient (Wildman–Crippen LogP) is 6.12. The van der Waals surface area contributed by atoms with Gasteiger partial charge in [-0.15, -0.1) is 0 Å². The number of nitrogens with one attached hydrogen (secondary N) is 1. The number of aryl methyl sites for hydroxylation is 2. The van der Waals surface area contributed by atoms with Gasteiger partial charge in [0.05, 0.1) is 28.4 Å². The molecule has 4 aromatic rings. The Bertz CT molecular complexity index is 1560. The van der Waals surface area contributed by atoms with Gasteiger partial charge in [-0.2, -0.15) is 19.1 Å². The van der Waals surface area contributed by atoms with E-state index in [9.17, 15) is 19.1 Å². The Balaban J connectivity index is 1.63. The van der Waals surface area contributed by atoms with Gasteiger partial charge in [-0.3, -0.25) is 10.00 Å². The van der Waals surface area contributed by atoms with Gasteiger partial charge in [-0.25, -0.2) is 0 Å². The van der Waals surface area contributed by atoms with Gasteiger partial charge < -0.3 is 9.84 Å². The highest BCUT2D eigenvalue weighted by Crippen LogP contribution is 2.40. The number of benzene rings is 3. The number of halogens is 2. The number of rotatable bonds is 6. The fraction of sp³-hybridized carbons (Fsp3) is 0.333. The molecule has 1 aliphatic heterocycles. The SMILES string of the molecule is Cc1cc(-c2n[nH]c3cc(C#N)c(-c4c(C)cccc4OC(F)F)cc23)cc2c1CCN(CC(C)(C)O)C2. The van der Waals surface area contributed by atoms with Gasteiger partial charge in [0.2, 0.25) is 0 Å². The molecule has 1 aliphatic rings. The number of β-amino-alcohol motifs (C(OH)–C–C–N with tert-alkyl or cyclic N) is 1. The lowest BCUT2D eigenvalue weighted by Gasteiger charge is -2.34. The number of hydrogen-bond donors (Lipinski definition) is 2. The molecule has 38 heavy (non-hydrogen) atoms. The number of hydrogen-bond acceptors (Lipinski definition) is 5. The number of aliphatic hydroxyl groups is 1. The Morgan fingerprint density at radius 2 is 1.97 bits per heavy atom. The molecule has 0 amide bonds. The van der Waals surface area contributed by atoms with E-state index < -0.39 is 12.2 Å². The van der Waals surface area contributed by atoms with E-state index in [1.807, 2.05) is 32.9 Å². The first-order chi connectivity index (χ1) is 18.0. The third-order valence-corrected chi connectivity index (χ3v) is 7.06. The second kappa shape index (κ2) is 9.82. The van der Waals surface area contributed by atoms with Crippen LogP contribution in [0.25, 0.3) is 33.3 Å². The number of alkyl halides is 2. The maximum absolute atomic E-state index is 13.2. The minimum Gasteiger partial charge on any atom is -0.434 e. The summed E-state index contributed by atoms with van der Waals surface area (Å²) < 4.78 is 31.2. The van der Waals surface area contributed by atoms with Gasteiger partial charge in [-0.1, -0.05) is 12.1 Å². The number of fused-ring (bicyclic) bond motifs is 2. The van der Waals surface area contributed by atoms with Crippen LogP contribution in [0.4, 0.5) is 8.78 Å². The zero-order chi connectivity index (χ0) is 27.2. The maximum atomic E-state index is 13.2. The van der Waals surface area contributed by atoms with Crippen molar-refractivity contribution >= 4 is 10.9 Å². The lowest BCUT2D eigenvalue weighted by Crippen LogP contribution is -2.41. The molecule has 2 N–H and O–H groups in total. The molecule has 196 valence electrons.